The van der Waals surface area contributed by atoms with Gasteiger partial charge >= 0.3 is 5.24 Å². The van der Waals surface area contributed by atoms with Gasteiger partial charge in [-0.3, -0.25) is 0 Å². The van der Waals surface area contributed by atoms with E-state index in [4.69, 9.17) is 31.2 Å². The van der Waals surface area contributed by atoms with Crippen LogP contribution in [0.1, 0.15) is 6.92 Å². The SMILES string of the molecule is CCO[C@H]1OC[C@@H](O)[C@H](O)[C@H]1OC(=S)Oc1ccc(F)cc1. The van der Waals surface area contributed by atoms with E-state index in [0.717, 1.165) is 0 Å². The molecular formula is C14H17FO6S. The Balaban J connectivity index is 1.98. The van der Waals surface area contributed by atoms with Gasteiger partial charge in [0, 0.05) is 18.8 Å². The molecule has 1 heterocycles. The van der Waals surface area contributed by atoms with E-state index in [1.54, 1.807) is 6.92 Å². The van der Waals surface area contributed by atoms with Crippen molar-refractivity contribution < 1.29 is 33.6 Å². The highest BCUT2D eigenvalue weighted by Gasteiger charge is 2.42. The zero-order valence-electron chi connectivity index (χ0n) is 11.8. The van der Waals surface area contributed by atoms with E-state index in [1.165, 1.54) is 24.3 Å². The van der Waals surface area contributed by atoms with Crippen LogP contribution in [0.3, 0.4) is 0 Å². The topological polar surface area (TPSA) is 77.4 Å². The minimum atomic E-state index is -1.24. The second-order valence-electron chi connectivity index (χ2n) is 4.60. The Morgan fingerprint density at radius 1 is 1.36 bits per heavy atom. The third-order valence-electron chi connectivity index (χ3n) is 3.01. The van der Waals surface area contributed by atoms with Gasteiger partial charge in [-0.05, 0) is 31.2 Å². The van der Waals surface area contributed by atoms with Crippen LogP contribution >= 0.6 is 12.2 Å². The Hall–Kier alpha value is -1.32. The molecule has 122 valence electrons. The van der Waals surface area contributed by atoms with Gasteiger partial charge in [-0.2, -0.15) is 0 Å². The maximum atomic E-state index is 12.8. The fourth-order valence-electron chi connectivity index (χ4n) is 1.93. The van der Waals surface area contributed by atoms with E-state index in [9.17, 15) is 14.6 Å². The van der Waals surface area contributed by atoms with Crippen LogP contribution in [0.4, 0.5) is 4.39 Å². The molecule has 0 aromatic heterocycles. The van der Waals surface area contributed by atoms with Gasteiger partial charge in [-0.25, -0.2) is 4.39 Å². The molecule has 22 heavy (non-hydrogen) atoms. The number of rotatable bonds is 4. The van der Waals surface area contributed by atoms with Gasteiger partial charge in [-0.1, -0.05) is 0 Å². The fourth-order valence-corrected chi connectivity index (χ4v) is 2.14. The predicted octanol–water partition coefficient (Wildman–Crippen LogP) is 0.989. The Labute approximate surface area is 132 Å². The second-order valence-corrected chi connectivity index (χ2v) is 4.94. The molecule has 1 saturated heterocycles. The number of thiocarbonyl (C=S) groups is 1. The molecule has 0 bridgehead atoms. The van der Waals surface area contributed by atoms with Gasteiger partial charge < -0.3 is 29.2 Å². The highest BCUT2D eigenvalue weighted by molar-refractivity contribution is 7.79. The highest BCUT2D eigenvalue weighted by Crippen LogP contribution is 2.21. The molecule has 1 aliphatic rings. The monoisotopic (exact) mass is 332 g/mol. The van der Waals surface area contributed by atoms with Gasteiger partial charge in [0.05, 0.1) is 6.61 Å². The van der Waals surface area contributed by atoms with E-state index >= 15 is 0 Å². The number of aliphatic hydroxyl groups excluding tert-OH is 2. The summed E-state index contributed by atoms with van der Waals surface area (Å²) in [5.41, 5.74) is 0. The molecule has 8 heteroatoms. The molecule has 0 radical (unpaired) electrons. The lowest BCUT2D eigenvalue weighted by Crippen LogP contribution is -2.55. The van der Waals surface area contributed by atoms with Gasteiger partial charge in [0.15, 0.2) is 12.4 Å². The maximum absolute atomic E-state index is 12.8. The Morgan fingerprint density at radius 2 is 2.05 bits per heavy atom. The van der Waals surface area contributed by atoms with Crippen LogP contribution in [0.25, 0.3) is 0 Å². The van der Waals surface area contributed by atoms with Crippen LogP contribution in [0, 0.1) is 5.82 Å². The molecule has 0 unspecified atom stereocenters. The van der Waals surface area contributed by atoms with E-state index in [2.05, 4.69) is 0 Å². The summed E-state index contributed by atoms with van der Waals surface area (Å²) in [6.07, 6.45) is -4.26. The maximum Gasteiger partial charge on any atom is 0.358 e. The fraction of sp³-hybridized carbons (Fsp3) is 0.500. The van der Waals surface area contributed by atoms with E-state index in [0.29, 0.717) is 6.61 Å². The Bertz CT molecular complexity index is 497. The smallest absolute Gasteiger partial charge is 0.358 e. The Morgan fingerprint density at radius 3 is 2.68 bits per heavy atom. The normalized spacial score (nSPS) is 28.2. The molecule has 0 amide bonds. The van der Waals surface area contributed by atoms with Gasteiger partial charge in [0.2, 0.25) is 0 Å². The van der Waals surface area contributed by atoms with Gasteiger partial charge in [0.1, 0.15) is 23.8 Å². The van der Waals surface area contributed by atoms with Crippen LogP contribution < -0.4 is 4.74 Å². The molecule has 0 aliphatic carbocycles. The van der Waals surface area contributed by atoms with Crippen molar-refractivity contribution in [3.63, 3.8) is 0 Å². The van der Waals surface area contributed by atoms with Crippen LogP contribution in [0.5, 0.6) is 5.75 Å². The van der Waals surface area contributed by atoms with E-state index in [1.807, 2.05) is 0 Å². The summed E-state index contributed by atoms with van der Waals surface area (Å²) < 4.78 is 33.9. The third-order valence-corrected chi connectivity index (χ3v) is 3.19. The first-order chi connectivity index (χ1) is 10.5. The van der Waals surface area contributed by atoms with Gasteiger partial charge in [-0.15, -0.1) is 0 Å². The van der Waals surface area contributed by atoms with Crippen molar-refractivity contribution >= 4 is 17.5 Å². The van der Waals surface area contributed by atoms with Crippen molar-refractivity contribution in [3.05, 3.63) is 30.1 Å². The average Bonchev–Trinajstić information content (AvgIpc) is 2.49. The summed E-state index contributed by atoms with van der Waals surface area (Å²) in [5.74, 6) is -0.124. The largest absolute Gasteiger partial charge is 0.445 e. The number of aliphatic hydroxyl groups is 2. The summed E-state index contributed by atoms with van der Waals surface area (Å²) >= 11 is 4.94. The summed E-state index contributed by atoms with van der Waals surface area (Å²) in [4.78, 5) is 0. The average molecular weight is 332 g/mol. The number of hydrogen-bond acceptors (Lipinski definition) is 7. The highest BCUT2D eigenvalue weighted by atomic mass is 32.1. The molecule has 1 aliphatic heterocycles. The quantitative estimate of drug-likeness (QED) is 0.796. The van der Waals surface area contributed by atoms with Crippen molar-refractivity contribution in [3.8, 4) is 5.75 Å². The van der Waals surface area contributed by atoms with Crippen molar-refractivity contribution in [1.29, 1.82) is 0 Å². The minimum Gasteiger partial charge on any atom is -0.445 e. The number of halogens is 1. The van der Waals surface area contributed by atoms with Crippen molar-refractivity contribution in [2.75, 3.05) is 13.2 Å². The molecule has 1 aromatic rings. The molecule has 2 rings (SSSR count). The molecule has 1 aromatic carbocycles. The molecule has 6 nitrogen and oxygen atoms in total. The second kappa shape index (κ2) is 7.80. The molecule has 4 atom stereocenters. The molecule has 2 N–H and O–H groups in total. The number of hydrogen-bond donors (Lipinski definition) is 2. The lowest BCUT2D eigenvalue weighted by atomic mass is 10.1. The molecule has 1 fully saturated rings. The lowest BCUT2D eigenvalue weighted by molar-refractivity contribution is -0.265. The lowest BCUT2D eigenvalue weighted by Gasteiger charge is -2.37. The van der Waals surface area contributed by atoms with Crippen LogP contribution in [-0.2, 0) is 14.2 Å². The van der Waals surface area contributed by atoms with E-state index < -0.39 is 30.4 Å². The summed E-state index contributed by atoms with van der Waals surface area (Å²) in [7, 11) is 0. The standard InChI is InChI=1S/C14H17FO6S/c1-2-18-13-12(11(17)10(16)7-19-13)21-14(22)20-9-5-3-8(15)4-6-9/h3-6,10-13,16-17H,2,7H2,1H3/t10-,11+,12-,13+/m1/s1. The first-order valence-corrected chi connectivity index (χ1v) is 7.15. The molecule has 0 spiro atoms. The van der Waals surface area contributed by atoms with Gasteiger partial charge in [0.25, 0.3) is 0 Å². The molecular weight excluding hydrogens is 315 g/mol. The third kappa shape index (κ3) is 4.34. The zero-order valence-corrected chi connectivity index (χ0v) is 12.7. The summed E-state index contributed by atoms with van der Waals surface area (Å²) in [5, 5.41) is 19.3. The van der Waals surface area contributed by atoms with Crippen LogP contribution in [0.2, 0.25) is 0 Å². The van der Waals surface area contributed by atoms with Crippen molar-refractivity contribution in [1.82, 2.24) is 0 Å². The predicted molar refractivity (Wildman–Crippen MR) is 77.9 cm³/mol. The summed E-state index contributed by atoms with van der Waals surface area (Å²) in [6, 6.07) is 5.19. The first-order valence-electron chi connectivity index (χ1n) is 6.74. The zero-order chi connectivity index (χ0) is 16.1. The minimum absolute atomic E-state index is 0.0721. The number of ether oxygens (including phenoxy) is 4. The number of benzene rings is 1. The van der Waals surface area contributed by atoms with Crippen LogP contribution in [0.15, 0.2) is 24.3 Å². The van der Waals surface area contributed by atoms with Crippen LogP contribution in [-0.4, -0.2) is 53.3 Å². The summed E-state index contributed by atoms with van der Waals surface area (Å²) in [6.45, 7) is 2.02. The molecule has 0 saturated carbocycles. The first kappa shape index (κ1) is 17.0. The van der Waals surface area contributed by atoms with E-state index in [-0.39, 0.29) is 17.6 Å². The van der Waals surface area contributed by atoms with Crippen molar-refractivity contribution in [2.45, 2.75) is 31.5 Å². The Kier molecular flexibility index (Phi) is 6.04. The van der Waals surface area contributed by atoms with Crippen molar-refractivity contribution in [2.24, 2.45) is 0 Å².